The van der Waals surface area contributed by atoms with E-state index in [1.165, 1.54) is 0 Å². The molecule has 0 radical (unpaired) electrons. The Morgan fingerprint density at radius 3 is 2.90 bits per heavy atom. The lowest BCUT2D eigenvalue weighted by Crippen LogP contribution is -2.53. The molecule has 1 aliphatic heterocycles. The minimum absolute atomic E-state index is 0.0393. The van der Waals surface area contributed by atoms with Crippen LogP contribution in [-0.2, 0) is 4.74 Å². The number of nitrogens with zero attached hydrogens (tertiary/aromatic N) is 1. The van der Waals surface area contributed by atoms with E-state index in [1.807, 2.05) is 0 Å². The van der Waals surface area contributed by atoms with E-state index in [9.17, 15) is 9.59 Å². The number of carbonyl (C=O) groups excluding carboxylic acids is 1. The second kappa shape index (κ2) is 5.34. The fourth-order valence-electron chi connectivity index (χ4n) is 2.72. The van der Waals surface area contributed by atoms with Gasteiger partial charge in [-0.2, -0.15) is 0 Å². The van der Waals surface area contributed by atoms with Crippen molar-refractivity contribution in [3.8, 4) is 0 Å². The fourth-order valence-corrected chi connectivity index (χ4v) is 2.72. The quantitative estimate of drug-likeness (QED) is 0.726. The molecule has 0 unspecified atom stereocenters. The minimum Gasteiger partial charge on any atom is -0.378 e. The summed E-state index contributed by atoms with van der Waals surface area (Å²) in [5.41, 5.74) is 7.54. The highest BCUT2D eigenvalue weighted by Crippen LogP contribution is 2.17. The molecule has 2 atom stereocenters. The van der Waals surface area contributed by atoms with Crippen LogP contribution < -0.4 is 11.4 Å². The van der Waals surface area contributed by atoms with E-state index in [0.717, 1.165) is 0 Å². The van der Waals surface area contributed by atoms with Crippen LogP contribution in [0.25, 0.3) is 11.0 Å². The largest absolute Gasteiger partial charge is 0.378 e. The number of aromatic amines is 2. The number of nitrogens with one attached hydrogen (secondary N) is 2. The first kappa shape index (κ1) is 13.8. The maximum Gasteiger partial charge on any atom is 0.323 e. The van der Waals surface area contributed by atoms with E-state index in [4.69, 9.17) is 10.5 Å². The van der Waals surface area contributed by atoms with E-state index in [-0.39, 0.29) is 23.7 Å². The number of aromatic nitrogens is 2. The summed E-state index contributed by atoms with van der Waals surface area (Å²) in [6.07, 6.45) is 0.575. The maximum atomic E-state index is 12.5. The first-order valence-electron chi connectivity index (χ1n) is 6.88. The first-order valence-corrected chi connectivity index (χ1v) is 6.88. The Labute approximate surface area is 121 Å². The van der Waals surface area contributed by atoms with Crippen LogP contribution in [0.5, 0.6) is 0 Å². The number of piperidine rings is 1. The Morgan fingerprint density at radius 1 is 1.38 bits per heavy atom. The average Bonchev–Trinajstić information content (AvgIpc) is 2.86. The molecule has 3 rings (SSSR count). The van der Waals surface area contributed by atoms with Gasteiger partial charge in [0.2, 0.25) is 0 Å². The molecule has 1 aromatic carbocycles. The Balaban J connectivity index is 1.84. The molecular weight excluding hydrogens is 272 g/mol. The number of benzene rings is 1. The number of nitrogens with two attached hydrogens (primary N) is 1. The Morgan fingerprint density at radius 2 is 2.14 bits per heavy atom. The summed E-state index contributed by atoms with van der Waals surface area (Å²) in [4.78, 5) is 30.8. The highest BCUT2D eigenvalue weighted by atomic mass is 16.5. The summed E-state index contributed by atoms with van der Waals surface area (Å²) >= 11 is 0. The summed E-state index contributed by atoms with van der Waals surface area (Å²) in [7, 11) is 1.61. The molecule has 2 aromatic rings. The topological polar surface area (TPSA) is 104 Å². The van der Waals surface area contributed by atoms with E-state index in [0.29, 0.717) is 36.1 Å². The minimum atomic E-state index is -0.280. The molecule has 0 aliphatic carbocycles. The van der Waals surface area contributed by atoms with Gasteiger partial charge in [0.05, 0.1) is 17.1 Å². The molecule has 4 N–H and O–H groups in total. The van der Waals surface area contributed by atoms with Crippen molar-refractivity contribution in [2.75, 3.05) is 20.2 Å². The lowest BCUT2D eigenvalue weighted by Gasteiger charge is -2.36. The molecule has 1 aliphatic rings. The Bertz CT molecular complexity index is 720. The van der Waals surface area contributed by atoms with Gasteiger partial charge in [0.25, 0.3) is 5.91 Å². The zero-order valence-electron chi connectivity index (χ0n) is 11.8. The average molecular weight is 290 g/mol. The van der Waals surface area contributed by atoms with Crippen LogP contribution in [0.15, 0.2) is 23.0 Å². The van der Waals surface area contributed by atoms with Crippen molar-refractivity contribution in [2.45, 2.75) is 18.6 Å². The summed E-state index contributed by atoms with van der Waals surface area (Å²) in [6, 6.07) is 5.09. The van der Waals surface area contributed by atoms with Crippen molar-refractivity contribution in [2.24, 2.45) is 5.73 Å². The van der Waals surface area contributed by atoms with Crippen LogP contribution in [0.2, 0.25) is 0 Å². The lowest BCUT2D eigenvalue weighted by atomic mass is 10.0. The standard InChI is InChI=1S/C14H18N4O3/c1-21-12-7-18(5-4-9(12)15)13(19)8-2-3-10-11(6-8)17-14(20)16-10/h2-3,6,9,12H,4-5,7,15H2,1H3,(H2,16,17,20)/t9-,12+/m1/s1. The SMILES string of the molecule is CO[C@H]1CN(C(=O)c2ccc3[nH]c(=O)[nH]c3c2)CC[C@H]1N. The van der Waals surface area contributed by atoms with Gasteiger partial charge in [0.15, 0.2) is 0 Å². The number of ether oxygens (including phenoxy) is 1. The van der Waals surface area contributed by atoms with Crippen molar-refractivity contribution in [1.82, 2.24) is 14.9 Å². The van der Waals surface area contributed by atoms with Crippen molar-refractivity contribution in [3.63, 3.8) is 0 Å². The van der Waals surface area contributed by atoms with Gasteiger partial charge in [0.1, 0.15) is 0 Å². The zero-order chi connectivity index (χ0) is 15.0. The lowest BCUT2D eigenvalue weighted by molar-refractivity contribution is 0.0162. The summed E-state index contributed by atoms with van der Waals surface area (Å²) in [6.45, 7) is 1.10. The predicted molar refractivity (Wildman–Crippen MR) is 78.2 cm³/mol. The number of methoxy groups -OCH3 is 1. The van der Waals surface area contributed by atoms with Gasteiger partial charge in [-0.05, 0) is 24.6 Å². The third kappa shape index (κ3) is 2.57. The van der Waals surface area contributed by atoms with Crippen molar-refractivity contribution in [1.29, 1.82) is 0 Å². The van der Waals surface area contributed by atoms with Crippen LogP contribution >= 0.6 is 0 Å². The summed E-state index contributed by atoms with van der Waals surface area (Å²) in [5.74, 6) is -0.0760. The normalized spacial score (nSPS) is 22.7. The molecular formula is C14H18N4O3. The van der Waals surface area contributed by atoms with E-state index >= 15 is 0 Å². The molecule has 1 aromatic heterocycles. The number of rotatable bonds is 2. The molecule has 0 spiro atoms. The van der Waals surface area contributed by atoms with Crippen LogP contribution in [0.3, 0.4) is 0 Å². The van der Waals surface area contributed by atoms with Crippen molar-refractivity contribution in [3.05, 3.63) is 34.2 Å². The van der Waals surface area contributed by atoms with Gasteiger partial charge in [-0.15, -0.1) is 0 Å². The van der Waals surface area contributed by atoms with Crippen LogP contribution in [0.1, 0.15) is 16.8 Å². The molecule has 7 nitrogen and oxygen atoms in total. The molecule has 0 bridgehead atoms. The molecule has 7 heteroatoms. The second-order valence-electron chi connectivity index (χ2n) is 5.32. The number of H-pyrrole nitrogens is 2. The highest BCUT2D eigenvalue weighted by Gasteiger charge is 2.29. The number of fused-ring (bicyclic) bond motifs is 1. The van der Waals surface area contributed by atoms with Gasteiger partial charge in [-0.1, -0.05) is 0 Å². The number of hydrogen-bond acceptors (Lipinski definition) is 4. The number of imidazole rings is 1. The number of carbonyl (C=O) groups is 1. The molecule has 1 amide bonds. The Hall–Kier alpha value is -2.12. The van der Waals surface area contributed by atoms with E-state index in [2.05, 4.69) is 9.97 Å². The van der Waals surface area contributed by atoms with Crippen LogP contribution in [0.4, 0.5) is 0 Å². The molecule has 0 saturated carbocycles. The second-order valence-corrected chi connectivity index (χ2v) is 5.32. The first-order chi connectivity index (χ1) is 10.1. The van der Waals surface area contributed by atoms with Crippen molar-refractivity contribution >= 4 is 16.9 Å². The van der Waals surface area contributed by atoms with Crippen molar-refractivity contribution < 1.29 is 9.53 Å². The van der Waals surface area contributed by atoms with E-state index < -0.39 is 0 Å². The fraction of sp³-hybridized carbons (Fsp3) is 0.429. The molecule has 112 valence electrons. The monoisotopic (exact) mass is 290 g/mol. The number of likely N-dealkylation sites (tertiary alicyclic amines) is 1. The molecule has 21 heavy (non-hydrogen) atoms. The third-order valence-electron chi connectivity index (χ3n) is 3.96. The number of amides is 1. The molecule has 1 fully saturated rings. The molecule has 1 saturated heterocycles. The van der Waals surface area contributed by atoms with E-state index in [1.54, 1.807) is 30.2 Å². The highest BCUT2D eigenvalue weighted by molar-refractivity contribution is 5.97. The summed E-state index contributed by atoms with van der Waals surface area (Å²) < 4.78 is 5.32. The third-order valence-corrected chi connectivity index (χ3v) is 3.96. The van der Waals surface area contributed by atoms with Crippen LogP contribution in [0, 0.1) is 0 Å². The maximum absolute atomic E-state index is 12.5. The van der Waals surface area contributed by atoms with Gasteiger partial charge in [-0.3, -0.25) is 4.79 Å². The zero-order valence-corrected chi connectivity index (χ0v) is 11.8. The Kier molecular flexibility index (Phi) is 3.52. The number of hydrogen-bond donors (Lipinski definition) is 3. The van der Waals surface area contributed by atoms with Gasteiger partial charge >= 0.3 is 5.69 Å². The molecule has 2 heterocycles. The smallest absolute Gasteiger partial charge is 0.323 e. The van der Waals surface area contributed by atoms with Crippen LogP contribution in [-0.4, -0.2) is 53.1 Å². The summed E-state index contributed by atoms with van der Waals surface area (Å²) in [5, 5.41) is 0. The van der Waals surface area contributed by atoms with Gasteiger partial charge < -0.3 is 25.3 Å². The predicted octanol–water partition coefficient (Wildman–Crippen LogP) is 0.0444. The van der Waals surface area contributed by atoms with Gasteiger partial charge in [-0.25, -0.2) is 4.79 Å². The van der Waals surface area contributed by atoms with Gasteiger partial charge in [0, 0.05) is 31.8 Å².